The number of ether oxygens (including phenoxy) is 1. The fourth-order valence-corrected chi connectivity index (χ4v) is 2.01. The molecule has 1 aromatic heterocycles. The number of nitrogens with zero attached hydrogens (tertiary/aromatic N) is 1. The van der Waals surface area contributed by atoms with Crippen LogP contribution in [0.15, 0.2) is 30.5 Å². The molecule has 1 heterocycles. The van der Waals surface area contributed by atoms with Gasteiger partial charge in [-0.1, -0.05) is 17.7 Å². The molecule has 0 amide bonds. The zero-order valence-electron chi connectivity index (χ0n) is 12.4. The van der Waals surface area contributed by atoms with E-state index in [-0.39, 0.29) is 0 Å². The first kappa shape index (κ1) is 14.8. The van der Waals surface area contributed by atoms with Gasteiger partial charge in [-0.3, -0.25) is 0 Å². The lowest BCUT2D eigenvalue weighted by Gasteiger charge is -2.11. The highest BCUT2D eigenvalue weighted by atomic mass is 16.5. The van der Waals surface area contributed by atoms with Gasteiger partial charge in [-0.25, -0.2) is 9.78 Å². The summed E-state index contributed by atoms with van der Waals surface area (Å²) in [4.78, 5) is 16.0. The lowest BCUT2D eigenvalue weighted by molar-refractivity contribution is 0.0527. The SMILES string of the molecule is CCOC(=O)c1cc(Nc2ccc(C)cc2C)ncc1N. The molecule has 0 saturated heterocycles. The number of esters is 1. The van der Waals surface area contributed by atoms with E-state index < -0.39 is 5.97 Å². The molecule has 21 heavy (non-hydrogen) atoms. The Hall–Kier alpha value is -2.56. The molecule has 5 heteroatoms. The van der Waals surface area contributed by atoms with Crippen molar-refractivity contribution in [2.45, 2.75) is 20.8 Å². The summed E-state index contributed by atoms with van der Waals surface area (Å²) in [6.07, 6.45) is 1.46. The Bertz CT molecular complexity index is 669. The van der Waals surface area contributed by atoms with Crippen molar-refractivity contribution in [3.8, 4) is 0 Å². The first-order chi connectivity index (χ1) is 10.0. The molecule has 0 atom stereocenters. The monoisotopic (exact) mass is 285 g/mol. The van der Waals surface area contributed by atoms with Gasteiger partial charge >= 0.3 is 5.97 Å². The van der Waals surface area contributed by atoms with Crippen molar-refractivity contribution in [3.05, 3.63) is 47.2 Å². The molecule has 0 spiro atoms. The minimum atomic E-state index is -0.443. The van der Waals surface area contributed by atoms with Crippen molar-refractivity contribution in [1.82, 2.24) is 4.98 Å². The van der Waals surface area contributed by atoms with Crippen molar-refractivity contribution in [3.63, 3.8) is 0 Å². The van der Waals surface area contributed by atoms with Crippen LogP contribution in [0.3, 0.4) is 0 Å². The quantitative estimate of drug-likeness (QED) is 0.843. The van der Waals surface area contributed by atoms with Gasteiger partial charge in [0.2, 0.25) is 0 Å². The summed E-state index contributed by atoms with van der Waals surface area (Å²) in [7, 11) is 0. The van der Waals surface area contributed by atoms with Crippen LogP contribution >= 0.6 is 0 Å². The second-order valence-electron chi connectivity index (χ2n) is 4.82. The molecule has 3 N–H and O–H groups in total. The maximum Gasteiger partial charge on any atom is 0.340 e. The summed E-state index contributed by atoms with van der Waals surface area (Å²) in [6.45, 7) is 6.11. The lowest BCUT2D eigenvalue weighted by Crippen LogP contribution is -2.09. The Morgan fingerprint density at radius 3 is 2.76 bits per heavy atom. The van der Waals surface area contributed by atoms with Crippen molar-refractivity contribution >= 4 is 23.2 Å². The normalized spacial score (nSPS) is 10.2. The first-order valence-corrected chi connectivity index (χ1v) is 6.78. The van der Waals surface area contributed by atoms with Crippen molar-refractivity contribution in [2.75, 3.05) is 17.7 Å². The van der Waals surface area contributed by atoms with E-state index in [4.69, 9.17) is 10.5 Å². The van der Waals surface area contributed by atoms with E-state index in [1.54, 1.807) is 13.0 Å². The predicted octanol–water partition coefficient (Wildman–Crippen LogP) is 3.20. The largest absolute Gasteiger partial charge is 0.462 e. The topological polar surface area (TPSA) is 77.2 Å². The number of rotatable bonds is 4. The molecule has 0 fully saturated rings. The molecule has 2 aromatic rings. The van der Waals surface area contributed by atoms with Gasteiger partial charge in [0, 0.05) is 5.69 Å². The molecule has 110 valence electrons. The second kappa shape index (κ2) is 6.26. The van der Waals surface area contributed by atoms with E-state index in [0.29, 0.717) is 23.7 Å². The number of hydrogen-bond acceptors (Lipinski definition) is 5. The van der Waals surface area contributed by atoms with E-state index in [2.05, 4.69) is 16.4 Å². The van der Waals surface area contributed by atoms with Crippen LogP contribution in [-0.4, -0.2) is 17.6 Å². The third kappa shape index (κ3) is 3.51. The zero-order chi connectivity index (χ0) is 15.4. The number of aromatic nitrogens is 1. The van der Waals surface area contributed by atoms with Gasteiger partial charge in [0.25, 0.3) is 0 Å². The van der Waals surface area contributed by atoms with Gasteiger partial charge in [-0.2, -0.15) is 0 Å². The molecule has 0 radical (unpaired) electrons. The summed E-state index contributed by atoms with van der Waals surface area (Å²) < 4.78 is 4.98. The predicted molar refractivity (Wildman–Crippen MR) is 83.8 cm³/mol. The highest BCUT2D eigenvalue weighted by molar-refractivity contribution is 5.95. The number of nitrogens with two attached hydrogens (primary N) is 1. The van der Waals surface area contributed by atoms with E-state index in [1.807, 2.05) is 26.0 Å². The third-order valence-corrected chi connectivity index (χ3v) is 3.07. The molecule has 5 nitrogen and oxygen atoms in total. The van der Waals surface area contributed by atoms with Gasteiger partial charge in [0.05, 0.1) is 24.1 Å². The lowest BCUT2D eigenvalue weighted by atomic mass is 10.1. The number of hydrogen-bond donors (Lipinski definition) is 2. The Balaban J connectivity index is 2.28. The number of pyridine rings is 1. The van der Waals surface area contributed by atoms with Crippen LogP contribution in [0.25, 0.3) is 0 Å². The van der Waals surface area contributed by atoms with Gasteiger partial charge in [-0.15, -0.1) is 0 Å². The van der Waals surface area contributed by atoms with Crippen LogP contribution in [0, 0.1) is 13.8 Å². The number of anilines is 3. The van der Waals surface area contributed by atoms with E-state index >= 15 is 0 Å². The van der Waals surface area contributed by atoms with Crippen LogP contribution in [0.5, 0.6) is 0 Å². The van der Waals surface area contributed by atoms with E-state index in [1.165, 1.54) is 11.8 Å². The standard InChI is InChI=1S/C16H19N3O2/c1-4-21-16(20)12-8-15(18-9-13(12)17)19-14-6-5-10(2)7-11(14)3/h5-9H,4,17H2,1-3H3,(H,18,19). The summed E-state index contributed by atoms with van der Waals surface area (Å²) in [6, 6.07) is 7.67. The van der Waals surface area contributed by atoms with Crippen LogP contribution in [0.4, 0.5) is 17.2 Å². The Labute approximate surface area is 124 Å². The summed E-state index contributed by atoms with van der Waals surface area (Å²) in [5.74, 6) is 0.111. The average Bonchev–Trinajstić information content (AvgIpc) is 2.44. The molecule has 2 rings (SSSR count). The number of carbonyl (C=O) groups excluding carboxylic acids is 1. The fraction of sp³-hybridized carbons (Fsp3) is 0.250. The summed E-state index contributed by atoms with van der Waals surface area (Å²) >= 11 is 0. The fourth-order valence-electron chi connectivity index (χ4n) is 2.01. The zero-order valence-corrected chi connectivity index (χ0v) is 12.4. The molecule has 1 aromatic carbocycles. The van der Waals surface area contributed by atoms with Gasteiger partial charge in [-0.05, 0) is 38.5 Å². The highest BCUT2D eigenvalue weighted by Crippen LogP contribution is 2.23. The summed E-state index contributed by atoms with van der Waals surface area (Å²) in [5.41, 5.74) is 9.63. The minimum Gasteiger partial charge on any atom is -0.462 e. The maximum absolute atomic E-state index is 11.8. The van der Waals surface area contributed by atoms with Crippen LogP contribution in [0.2, 0.25) is 0 Å². The number of benzene rings is 1. The first-order valence-electron chi connectivity index (χ1n) is 6.78. The molecule has 0 aliphatic carbocycles. The molecule has 0 aliphatic heterocycles. The average molecular weight is 285 g/mol. The van der Waals surface area contributed by atoms with Crippen molar-refractivity contribution in [1.29, 1.82) is 0 Å². The van der Waals surface area contributed by atoms with Crippen LogP contribution in [0.1, 0.15) is 28.4 Å². The Morgan fingerprint density at radius 1 is 1.33 bits per heavy atom. The molecule has 0 unspecified atom stereocenters. The molecular formula is C16H19N3O2. The van der Waals surface area contributed by atoms with Crippen LogP contribution < -0.4 is 11.1 Å². The van der Waals surface area contributed by atoms with E-state index in [9.17, 15) is 4.79 Å². The molecule has 0 saturated carbocycles. The molecular weight excluding hydrogens is 266 g/mol. The number of nitrogen functional groups attached to an aromatic ring is 1. The van der Waals surface area contributed by atoms with Crippen molar-refractivity contribution in [2.24, 2.45) is 0 Å². The maximum atomic E-state index is 11.8. The third-order valence-electron chi connectivity index (χ3n) is 3.07. The van der Waals surface area contributed by atoms with Gasteiger partial charge in [0.15, 0.2) is 0 Å². The van der Waals surface area contributed by atoms with Gasteiger partial charge in [0.1, 0.15) is 5.82 Å². The number of carbonyl (C=O) groups is 1. The van der Waals surface area contributed by atoms with Crippen molar-refractivity contribution < 1.29 is 9.53 Å². The van der Waals surface area contributed by atoms with Crippen LogP contribution in [-0.2, 0) is 4.74 Å². The number of aryl methyl sites for hydroxylation is 2. The molecule has 0 aliphatic rings. The smallest absolute Gasteiger partial charge is 0.340 e. The summed E-state index contributed by atoms with van der Waals surface area (Å²) in [5, 5.41) is 3.19. The Morgan fingerprint density at radius 2 is 2.10 bits per heavy atom. The minimum absolute atomic E-state index is 0.305. The van der Waals surface area contributed by atoms with E-state index in [0.717, 1.165) is 11.3 Å². The molecule has 0 bridgehead atoms. The Kier molecular flexibility index (Phi) is 4.42. The number of nitrogens with one attached hydrogen (secondary N) is 1. The highest BCUT2D eigenvalue weighted by Gasteiger charge is 2.12. The van der Waals surface area contributed by atoms with Gasteiger partial charge < -0.3 is 15.8 Å². The second-order valence-corrected chi connectivity index (χ2v) is 4.82.